The summed E-state index contributed by atoms with van der Waals surface area (Å²) >= 11 is 0. The van der Waals surface area contributed by atoms with Crippen molar-refractivity contribution in [3.63, 3.8) is 0 Å². The molecule has 0 aromatic carbocycles. The van der Waals surface area contributed by atoms with Crippen molar-refractivity contribution in [2.45, 2.75) is 12.5 Å². The molecule has 1 unspecified atom stereocenters. The van der Waals surface area contributed by atoms with Gasteiger partial charge < -0.3 is 15.1 Å². The fourth-order valence-electron chi connectivity index (χ4n) is 1.85. The first-order valence-corrected chi connectivity index (χ1v) is 5.04. The van der Waals surface area contributed by atoms with Gasteiger partial charge in [0.05, 0.1) is 6.10 Å². The van der Waals surface area contributed by atoms with E-state index in [-0.39, 0.29) is 0 Å². The van der Waals surface area contributed by atoms with Gasteiger partial charge in [-0.15, -0.1) is 0 Å². The second-order valence-electron chi connectivity index (χ2n) is 3.64. The first-order valence-electron chi connectivity index (χ1n) is 5.04. The van der Waals surface area contributed by atoms with Crippen LogP contribution < -0.4 is 16.2 Å². The fraction of sp³-hybridized carbons (Fsp3) is 0.500. The molecule has 1 fully saturated rings. The van der Waals surface area contributed by atoms with E-state index in [4.69, 9.17) is 10.6 Å². The second kappa shape index (κ2) is 4.46. The first kappa shape index (κ1) is 10.2. The van der Waals surface area contributed by atoms with Crippen LogP contribution in [0.25, 0.3) is 0 Å². The summed E-state index contributed by atoms with van der Waals surface area (Å²) in [6.45, 7) is 1.96. The minimum Gasteiger partial charge on any atom is -0.380 e. The van der Waals surface area contributed by atoms with Gasteiger partial charge in [-0.05, 0) is 12.5 Å². The number of nitrogens with zero attached hydrogens (tertiary/aromatic N) is 2. The Hall–Kier alpha value is -1.33. The van der Waals surface area contributed by atoms with E-state index in [1.54, 1.807) is 13.3 Å². The third-order valence-electron chi connectivity index (χ3n) is 2.73. The third-order valence-corrected chi connectivity index (χ3v) is 2.73. The average molecular weight is 208 g/mol. The molecule has 5 heteroatoms. The number of ether oxygens (including phenoxy) is 1. The summed E-state index contributed by atoms with van der Waals surface area (Å²) in [5.41, 5.74) is 3.68. The van der Waals surface area contributed by atoms with Crippen LogP contribution in [0.15, 0.2) is 18.3 Å². The largest absolute Gasteiger partial charge is 0.380 e. The maximum absolute atomic E-state index is 5.32. The van der Waals surface area contributed by atoms with E-state index in [0.717, 1.165) is 25.2 Å². The van der Waals surface area contributed by atoms with Gasteiger partial charge in [-0.25, -0.2) is 10.8 Å². The van der Waals surface area contributed by atoms with Crippen LogP contribution in [-0.2, 0) is 4.74 Å². The monoisotopic (exact) mass is 208 g/mol. The van der Waals surface area contributed by atoms with Crippen molar-refractivity contribution >= 4 is 11.5 Å². The number of rotatable bonds is 3. The first-order chi connectivity index (χ1) is 7.33. The number of pyridine rings is 1. The van der Waals surface area contributed by atoms with E-state index < -0.39 is 0 Å². The molecule has 0 bridgehead atoms. The predicted molar refractivity (Wildman–Crippen MR) is 59.7 cm³/mol. The van der Waals surface area contributed by atoms with Crippen LogP contribution in [0.2, 0.25) is 0 Å². The molecule has 15 heavy (non-hydrogen) atoms. The third kappa shape index (κ3) is 2.19. The number of nitrogen functional groups attached to an aromatic ring is 1. The summed E-state index contributed by atoms with van der Waals surface area (Å²) < 4.78 is 5.32. The van der Waals surface area contributed by atoms with Gasteiger partial charge in [0.25, 0.3) is 0 Å². The van der Waals surface area contributed by atoms with Gasteiger partial charge in [-0.2, -0.15) is 0 Å². The van der Waals surface area contributed by atoms with E-state index in [1.807, 2.05) is 12.1 Å². The van der Waals surface area contributed by atoms with E-state index in [1.165, 1.54) is 0 Å². The molecule has 1 aromatic rings. The average Bonchev–Trinajstić information content (AvgIpc) is 2.78. The lowest BCUT2D eigenvalue weighted by molar-refractivity contribution is 0.121. The topological polar surface area (TPSA) is 63.4 Å². The number of methoxy groups -OCH3 is 1. The van der Waals surface area contributed by atoms with Crippen molar-refractivity contribution in [3.05, 3.63) is 18.3 Å². The van der Waals surface area contributed by atoms with Gasteiger partial charge >= 0.3 is 0 Å². The molecule has 0 aliphatic carbocycles. The van der Waals surface area contributed by atoms with Gasteiger partial charge in [-0.1, -0.05) is 0 Å². The Morgan fingerprint density at radius 2 is 2.53 bits per heavy atom. The SMILES string of the molecule is COC1CCN(c2ccnc(NN)c2)C1. The Labute approximate surface area is 89.2 Å². The quantitative estimate of drug-likeness (QED) is 0.562. The molecule has 0 spiro atoms. The molecule has 1 aliphatic rings. The van der Waals surface area contributed by atoms with Crippen molar-refractivity contribution < 1.29 is 4.74 Å². The van der Waals surface area contributed by atoms with Crippen LogP contribution in [0.1, 0.15) is 6.42 Å². The van der Waals surface area contributed by atoms with Crippen molar-refractivity contribution in [1.29, 1.82) is 0 Å². The standard InChI is InChI=1S/C10H16N4O/c1-15-9-3-5-14(7-9)8-2-4-12-10(6-8)13-11/h2,4,6,9H,3,5,7,11H2,1H3,(H,12,13). The maximum Gasteiger partial charge on any atom is 0.141 e. The van der Waals surface area contributed by atoms with Crippen LogP contribution in [0.4, 0.5) is 11.5 Å². The number of nitrogens with two attached hydrogens (primary N) is 1. The molecular weight excluding hydrogens is 192 g/mol. The highest BCUT2D eigenvalue weighted by molar-refractivity contribution is 5.54. The van der Waals surface area contributed by atoms with E-state index in [9.17, 15) is 0 Å². The molecule has 1 atom stereocenters. The number of hydrogen-bond donors (Lipinski definition) is 2. The highest BCUT2D eigenvalue weighted by Crippen LogP contribution is 2.22. The number of nitrogens with one attached hydrogen (secondary N) is 1. The Bertz CT molecular complexity index is 331. The summed E-state index contributed by atoms with van der Waals surface area (Å²) in [6.07, 6.45) is 3.17. The van der Waals surface area contributed by atoms with Gasteiger partial charge in [0.1, 0.15) is 5.82 Å². The Balaban J connectivity index is 2.09. The van der Waals surface area contributed by atoms with Crippen molar-refractivity contribution in [1.82, 2.24) is 4.98 Å². The Kier molecular flexibility index (Phi) is 3.03. The van der Waals surface area contributed by atoms with E-state index in [2.05, 4.69) is 15.3 Å². The molecule has 0 radical (unpaired) electrons. The van der Waals surface area contributed by atoms with Gasteiger partial charge in [0.2, 0.25) is 0 Å². The van der Waals surface area contributed by atoms with Crippen LogP contribution in [-0.4, -0.2) is 31.3 Å². The maximum atomic E-state index is 5.32. The number of anilines is 2. The van der Waals surface area contributed by atoms with E-state index in [0.29, 0.717) is 11.9 Å². The number of hydrogen-bond acceptors (Lipinski definition) is 5. The van der Waals surface area contributed by atoms with Gasteiger partial charge in [-0.3, -0.25) is 0 Å². The number of aromatic nitrogens is 1. The minimum atomic E-state index is 0.340. The lowest BCUT2D eigenvalue weighted by Gasteiger charge is -2.18. The number of hydrazine groups is 1. The van der Waals surface area contributed by atoms with Crippen LogP contribution >= 0.6 is 0 Å². The highest BCUT2D eigenvalue weighted by atomic mass is 16.5. The Morgan fingerprint density at radius 3 is 3.20 bits per heavy atom. The van der Waals surface area contributed by atoms with Gasteiger partial charge in [0.15, 0.2) is 0 Å². The van der Waals surface area contributed by atoms with Crippen LogP contribution in [0.3, 0.4) is 0 Å². The minimum absolute atomic E-state index is 0.340. The zero-order valence-electron chi connectivity index (χ0n) is 8.81. The molecule has 1 aliphatic heterocycles. The fourth-order valence-corrected chi connectivity index (χ4v) is 1.85. The molecule has 0 amide bonds. The molecule has 1 aromatic heterocycles. The molecular formula is C10H16N4O. The highest BCUT2D eigenvalue weighted by Gasteiger charge is 2.22. The summed E-state index contributed by atoms with van der Waals surface area (Å²) in [6, 6.07) is 3.93. The van der Waals surface area contributed by atoms with Crippen molar-refractivity contribution in [3.8, 4) is 0 Å². The predicted octanol–water partition coefficient (Wildman–Crippen LogP) is 0.592. The zero-order chi connectivity index (χ0) is 10.7. The molecule has 2 rings (SSSR count). The molecule has 0 saturated carbocycles. The molecule has 1 saturated heterocycles. The summed E-state index contributed by atoms with van der Waals surface area (Å²) in [5, 5.41) is 0. The molecule has 2 heterocycles. The molecule has 3 N–H and O–H groups in total. The van der Waals surface area contributed by atoms with Crippen molar-refractivity contribution in [2.24, 2.45) is 5.84 Å². The van der Waals surface area contributed by atoms with Crippen LogP contribution in [0.5, 0.6) is 0 Å². The second-order valence-corrected chi connectivity index (χ2v) is 3.64. The zero-order valence-corrected chi connectivity index (χ0v) is 8.81. The molecule has 5 nitrogen and oxygen atoms in total. The summed E-state index contributed by atoms with van der Waals surface area (Å²) in [7, 11) is 1.76. The van der Waals surface area contributed by atoms with Gasteiger partial charge in [0, 0.05) is 38.1 Å². The Morgan fingerprint density at radius 1 is 1.67 bits per heavy atom. The lowest BCUT2D eigenvalue weighted by atomic mass is 10.3. The van der Waals surface area contributed by atoms with Crippen molar-refractivity contribution in [2.75, 3.05) is 30.5 Å². The summed E-state index contributed by atoms with van der Waals surface area (Å²) in [4.78, 5) is 6.35. The summed E-state index contributed by atoms with van der Waals surface area (Å²) in [5.74, 6) is 6.00. The smallest absolute Gasteiger partial charge is 0.141 e. The molecule has 82 valence electrons. The van der Waals surface area contributed by atoms with E-state index >= 15 is 0 Å². The normalized spacial score (nSPS) is 20.7. The van der Waals surface area contributed by atoms with Crippen LogP contribution in [0, 0.1) is 0 Å². The lowest BCUT2D eigenvalue weighted by Crippen LogP contribution is -2.22.